The minimum absolute atomic E-state index is 0.110. The molecule has 22 heteroatoms. The summed E-state index contributed by atoms with van der Waals surface area (Å²) >= 11 is 0. The van der Waals surface area contributed by atoms with Gasteiger partial charge in [0.05, 0.1) is 25.4 Å². The molecule has 304 valence electrons. The molecule has 0 aromatic heterocycles. The summed E-state index contributed by atoms with van der Waals surface area (Å²) in [6.07, 6.45) is 0.540. The summed E-state index contributed by atoms with van der Waals surface area (Å²) in [5.41, 5.74) is 0. The number of carboxylic acids is 1. The molecule has 2 heterocycles. The van der Waals surface area contributed by atoms with E-state index in [1.165, 1.54) is 34.6 Å². The predicted octanol–water partition coefficient (Wildman–Crippen LogP) is -6.35. The number of hydrogen-bond acceptors (Lipinski definition) is 13. The molecule has 0 saturated carbocycles. The normalized spacial score (nSPS) is 21.1. The molecule has 54 heavy (non-hydrogen) atoms. The summed E-state index contributed by atoms with van der Waals surface area (Å²) in [7, 11) is 0. The van der Waals surface area contributed by atoms with Crippen molar-refractivity contribution in [2.24, 2.45) is 0 Å². The van der Waals surface area contributed by atoms with Crippen LogP contribution < -0.4 is 42.5 Å². The first-order valence-electron chi connectivity index (χ1n) is 17.6. The second kappa shape index (κ2) is 21.1. The van der Waals surface area contributed by atoms with Gasteiger partial charge in [0.2, 0.25) is 47.3 Å². The van der Waals surface area contributed by atoms with Crippen molar-refractivity contribution in [1.82, 2.24) is 47.4 Å². The van der Waals surface area contributed by atoms with Crippen LogP contribution in [0.5, 0.6) is 0 Å². The van der Waals surface area contributed by atoms with Gasteiger partial charge >= 0.3 is 5.97 Å². The van der Waals surface area contributed by atoms with Gasteiger partial charge in [-0.15, -0.1) is 0 Å². The van der Waals surface area contributed by atoms with Gasteiger partial charge < -0.3 is 67.9 Å². The van der Waals surface area contributed by atoms with Gasteiger partial charge in [-0.1, -0.05) is 0 Å². The lowest BCUT2D eigenvalue weighted by molar-refractivity contribution is -0.150. The van der Waals surface area contributed by atoms with Crippen molar-refractivity contribution in [3.05, 3.63) is 0 Å². The molecule has 0 aromatic carbocycles. The van der Waals surface area contributed by atoms with Crippen LogP contribution in [0.1, 0.15) is 60.3 Å². The molecule has 0 aromatic rings. The molecule has 0 bridgehead atoms. The van der Waals surface area contributed by atoms with Gasteiger partial charge in [-0.3, -0.25) is 38.4 Å². The van der Waals surface area contributed by atoms with Crippen LogP contribution in [0.15, 0.2) is 0 Å². The number of carbonyl (C=O) groups excluding carboxylic acids is 8. The van der Waals surface area contributed by atoms with Crippen molar-refractivity contribution in [2.75, 3.05) is 26.3 Å². The van der Waals surface area contributed by atoms with Gasteiger partial charge in [0.15, 0.2) is 0 Å². The van der Waals surface area contributed by atoms with Crippen molar-refractivity contribution < 1.29 is 63.6 Å². The first kappa shape index (κ1) is 45.2. The van der Waals surface area contributed by atoms with Crippen LogP contribution in [-0.2, 0) is 43.2 Å². The molecule has 2 aliphatic rings. The second-order valence-electron chi connectivity index (χ2n) is 13.3. The van der Waals surface area contributed by atoms with Crippen LogP contribution >= 0.6 is 0 Å². The molecular formula is C32H53N9O13. The number of carbonyl (C=O) groups is 9. The quantitative estimate of drug-likeness (QED) is 0.0582. The van der Waals surface area contributed by atoms with Crippen molar-refractivity contribution in [2.45, 2.75) is 121 Å². The number of aliphatic hydroxyl groups excluding tert-OH is 3. The molecule has 2 rings (SSSR count). The summed E-state index contributed by atoms with van der Waals surface area (Å²) in [5.74, 6) is -7.88. The number of hydrogen-bond donors (Lipinski definition) is 12. The molecule has 2 saturated heterocycles. The molecule has 0 aliphatic carbocycles. The Morgan fingerprint density at radius 1 is 0.630 bits per heavy atom. The highest BCUT2D eigenvalue weighted by Crippen LogP contribution is 2.19. The SMILES string of the molecule is C[C@H](NC(=O)[C@H](C)NC(=O)[C@H](CO)NC(=O)[C@@H]1CCCN1)C(=O)N[C@@H](C)C(=O)N[C@@H](CO)C(=O)N[C@@H](C)C(=O)N[C@H](C(=O)N1CCC[C@H]1C(=O)O)[C@@H](C)O. The molecule has 0 spiro atoms. The van der Waals surface area contributed by atoms with Gasteiger partial charge in [0.1, 0.15) is 48.3 Å². The predicted molar refractivity (Wildman–Crippen MR) is 185 cm³/mol. The summed E-state index contributed by atoms with van der Waals surface area (Å²) < 4.78 is 0. The molecule has 0 radical (unpaired) electrons. The maximum atomic E-state index is 13.0. The van der Waals surface area contributed by atoms with Crippen LogP contribution in [0.4, 0.5) is 0 Å². The Balaban J connectivity index is 1.86. The van der Waals surface area contributed by atoms with Crippen LogP contribution in [0, 0.1) is 0 Å². The number of nitrogens with one attached hydrogen (secondary N) is 8. The fraction of sp³-hybridized carbons (Fsp3) is 0.719. The first-order valence-corrected chi connectivity index (χ1v) is 17.6. The molecule has 2 fully saturated rings. The average Bonchev–Trinajstić information content (AvgIpc) is 3.84. The number of rotatable bonds is 19. The third kappa shape index (κ3) is 12.9. The number of aliphatic carboxylic acids is 1. The lowest BCUT2D eigenvalue weighted by atomic mass is 10.1. The van der Waals surface area contributed by atoms with E-state index in [4.69, 9.17) is 0 Å². The monoisotopic (exact) mass is 771 g/mol. The van der Waals surface area contributed by atoms with E-state index in [1.54, 1.807) is 0 Å². The maximum absolute atomic E-state index is 13.0. The zero-order valence-corrected chi connectivity index (χ0v) is 30.8. The summed E-state index contributed by atoms with van der Waals surface area (Å²) in [6, 6.07) is -11.2. The number of carboxylic acid groups (broad SMARTS) is 1. The van der Waals surface area contributed by atoms with Crippen LogP contribution in [0.25, 0.3) is 0 Å². The molecule has 0 unspecified atom stereocenters. The van der Waals surface area contributed by atoms with Crippen LogP contribution in [0.3, 0.4) is 0 Å². The van der Waals surface area contributed by atoms with E-state index < -0.39 is 127 Å². The van der Waals surface area contributed by atoms with Gasteiger partial charge in [-0.25, -0.2) is 4.79 Å². The van der Waals surface area contributed by atoms with Crippen molar-refractivity contribution in [1.29, 1.82) is 0 Å². The maximum Gasteiger partial charge on any atom is 0.326 e. The van der Waals surface area contributed by atoms with Crippen molar-refractivity contribution >= 4 is 53.2 Å². The van der Waals surface area contributed by atoms with Crippen LogP contribution in [0.2, 0.25) is 0 Å². The fourth-order valence-electron chi connectivity index (χ4n) is 5.57. The zero-order chi connectivity index (χ0) is 40.9. The van der Waals surface area contributed by atoms with E-state index >= 15 is 0 Å². The van der Waals surface area contributed by atoms with E-state index in [-0.39, 0.29) is 13.0 Å². The smallest absolute Gasteiger partial charge is 0.326 e. The lowest BCUT2D eigenvalue weighted by Gasteiger charge is -2.29. The number of amides is 8. The minimum atomic E-state index is -1.61. The molecular weight excluding hydrogens is 718 g/mol. The van der Waals surface area contributed by atoms with Crippen LogP contribution in [-0.4, -0.2) is 165 Å². The highest BCUT2D eigenvalue weighted by Gasteiger charge is 2.40. The van der Waals surface area contributed by atoms with Gasteiger partial charge in [0.25, 0.3) is 0 Å². The Morgan fingerprint density at radius 2 is 1.07 bits per heavy atom. The van der Waals surface area contributed by atoms with E-state index in [0.717, 1.165) is 11.3 Å². The Bertz CT molecular complexity index is 1410. The third-order valence-electron chi connectivity index (χ3n) is 8.88. The minimum Gasteiger partial charge on any atom is -0.480 e. The topological polar surface area (TPSA) is 334 Å². The van der Waals surface area contributed by atoms with E-state index in [2.05, 4.69) is 42.5 Å². The van der Waals surface area contributed by atoms with Crippen molar-refractivity contribution in [3.63, 3.8) is 0 Å². The lowest BCUT2D eigenvalue weighted by Crippen LogP contribution is -2.60. The molecule has 10 atom stereocenters. The van der Waals surface area contributed by atoms with Gasteiger partial charge in [-0.05, 0) is 66.8 Å². The number of aliphatic hydroxyl groups is 3. The highest BCUT2D eigenvalue weighted by molar-refractivity contribution is 5.97. The second-order valence-corrected chi connectivity index (χ2v) is 13.3. The number of likely N-dealkylation sites (tertiary alicyclic amines) is 1. The Kier molecular flexibility index (Phi) is 17.7. The summed E-state index contributed by atoms with van der Waals surface area (Å²) in [4.78, 5) is 114. The Morgan fingerprint density at radius 3 is 1.50 bits per heavy atom. The van der Waals surface area contributed by atoms with E-state index in [1.807, 2.05) is 0 Å². The van der Waals surface area contributed by atoms with Gasteiger partial charge in [0, 0.05) is 6.54 Å². The Labute approximate surface area is 311 Å². The average molecular weight is 772 g/mol. The summed E-state index contributed by atoms with van der Waals surface area (Å²) in [6.45, 7) is 5.39. The van der Waals surface area contributed by atoms with E-state index in [0.29, 0.717) is 19.4 Å². The zero-order valence-electron chi connectivity index (χ0n) is 30.8. The molecule has 8 amide bonds. The largest absolute Gasteiger partial charge is 0.480 e. The molecule has 12 N–H and O–H groups in total. The Hall–Kier alpha value is -4.93. The van der Waals surface area contributed by atoms with Gasteiger partial charge in [-0.2, -0.15) is 0 Å². The summed E-state index contributed by atoms with van der Waals surface area (Å²) in [5, 5.41) is 58.1. The molecule has 2 aliphatic heterocycles. The standard InChI is InChI=1S/C32H53N9O13/c1-14(34-25(46)15(2)36-30(51)21(13-43)39-28(49)19-8-6-10-33-19)24(45)35-16(3)26(47)38-20(12-42)29(50)37-17(4)27(48)40-23(18(5)44)31(52)41-11-7-9-22(41)32(53)54/h14-23,33,42-44H,6-13H2,1-5H3,(H,34,46)(H,35,45)(H,36,51)(H,37,50)(H,38,47)(H,39,49)(H,40,48)(H,53,54)/t14-,15-,16-,17-,18+,19-,20-,21-,22-,23-/m0/s1. The fourth-order valence-corrected chi connectivity index (χ4v) is 5.57. The number of nitrogens with zero attached hydrogens (tertiary/aromatic N) is 1. The van der Waals surface area contributed by atoms with Crippen molar-refractivity contribution in [3.8, 4) is 0 Å². The molecule has 22 nitrogen and oxygen atoms in total. The third-order valence-corrected chi connectivity index (χ3v) is 8.88. The first-order chi connectivity index (χ1) is 25.3. The highest BCUT2D eigenvalue weighted by atomic mass is 16.4. The van der Waals surface area contributed by atoms with E-state index in [9.17, 15) is 63.6 Å².